The molecule has 1 aliphatic rings. The van der Waals surface area contributed by atoms with Crippen molar-refractivity contribution in [2.24, 2.45) is 5.92 Å². The fourth-order valence-electron chi connectivity index (χ4n) is 3.14. The summed E-state index contributed by atoms with van der Waals surface area (Å²) in [5.41, 5.74) is 8.23. The Kier molecular flexibility index (Phi) is 5.10. The summed E-state index contributed by atoms with van der Waals surface area (Å²) in [4.78, 5) is 14.2. The number of rotatable bonds is 5. The third-order valence-corrected chi connectivity index (χ3v) is 4.13. The minimum absolute atomic E-state index is 0.370. The van der Waals surface area contributed by atoms with Gasteiger partial charge in [-0.1, -0.05) is 32.8 Å². The molecule has 1 aromatic rings. The van der Waals surface area contributed by atoms with Gasteiger partial charge in [0.2, 0.25) is 0 Å². The van der Waals surface area contributed by atoms with Crippen LogP contribution in [0.1, 0.15) is 49.9 Å². The maximum Gasteiger partial charge on any atom is 0.340 e. The van der Waals surface area contributed by atoms with Crippen molar-refractivity contribution in [1.82, 2.24) is 0 Å². The summed E-state index contributed by atoms with van der Waals surface area (Å²) in [7, 11) is 1.39. The van der Waals surface area contributed by atoms with Crippen LogP contribution in [0, 0.1) is 5.92 Å². The van der Waals surface area contributed by atoms with Gasteiger partial charge >= 0.3 is 5.97 Å². The van der Waals surface area contributed by atoms with E-state index in [0.29, 0.717) is 23.2 Å². The number of nitrogen functional groups attached to an aromatic ring is 1. The van der Waals surface area contributed by atoms with Crippen molar-refractivity contribution in [3.8, 4) is 0 Å². The first kappa shape index (κ1) is 15.7. The van der Waals surface area contributed by atoms with Crippen LogP contribution < -0.4 is 10.6 Å². The van der Waals surface area contributed by atoms with Crippen molar-refractivity contribution < 1.29 is 9.53 Å². The molecule has 1 aliphatic carbocycles. The molecule has 0 unspecified atom stereocenters. The van der Waals surface area contributed by atoms with Crippen molar-refractivity contribution >= 4 is 17.3 Å². The average Bonchev–Trinajstić information content (AvgIpc) is 2.98. The van der Waals surface area contributed by atoms with E-state index in [2.05, 4.69) is 18.7 Å². The predicted molar refractivity (Wildman–Crippen MR) is 86.6 cm³/mol. The number of carbonyl (C=O) groups is 1. The van der Waals surface area contributed by atoms with Gasteiger partial charge in [0.25, 0.3) is 0 Å². The second-order valence-corrected chi connectivity index (χ2v) is 6.21. The summed E-state index contributed by atoms with van der Waals surface area (Å²) in [6, 6.07) is 6.16. The molecular formula is C17H26N2O2. The van der Waals surface area contributed by atoms with E-state index in [0.717, 1.165) is 12.2 Å². The summed E-state index contributed by atoms with van der Waals surface area (Å²) in [5, 5.41) is 0. The van der Waals surface area contributed by atoms with Gasteiger partial charge in [-0.3, -0.25) is 0 Å². The molecule has 2 N–H and O–H groups in total. The number of benzene rings is 1. The summed E-state index contributed by atoms with van der Waals surface area (Å²) >= 11 is 0. The standard InChI is InChI=1S/C17H26N2O2/c1-12(2)11-19(13-7-4-5-8-13)15-10-6-9-14(16(15)18)17(20)21-3/h6,9-10,12-13H,4-5,7-8,11,18H2,1-3H3. The summed E-state index contributed by atoms with van der Waals surface area (Å²) in [6.07, 6.45) is 4.95. The van der Waals surface area contributed by atoms with Gasteiger partial charge in [0.05, 0.1) is 24.0 Å². The number of esters is 1. The molecule has 0 aromatic heterocycles. The maximum atomic E-state index is 11.8. The Morgan fingerprint density at radius 1 is 1.38 bits per heavy atom. The Morgan fingerprint density at radius 2 is 2.05 bits per heavy atom. The van der Waals surface area contributed by atoms with Crippen molar-refractivity contribution in [1.29, 1.82) is 0 Å². The van der Waals surface area contributed by atoms with Crippen molar-refractivity contribution in [3.63, 3.8) is 0 Å². The van der Waals surface area contributed by atoms with E-state index in [-0.39, 0.29) is 5.97 Å². The molecule has 1 fully saturated rings. The highest BCUT2D eigenvalue weighted by molar-refractivity contribution is 5.98. The zero-order valence-corrected chi connectivity index (χ0v) is 13.3. The van der Waals surface area contributed by atoms with Crippen LogP contribution in [0.15, 0.2) is 18.2 Å². The summed E-state index contributed by atoms with van der Waals surface area (Å²) in [5.74, 6) is 0.178. The van der Waals surface area contributed by atoms with Gasteiger partial charge in [0.1, 0.15) is 0 Å². The molecule has 0 atom stereocenters. The number of nitrogens with zero attached hydrogens (tertiary/aromatic N) is 1. The van der Waals surface area contributed by atoms with Gasteiger partial charge in [0, 0.05) is 12.6 Å². The monoisotopic (exact) mass is 290 g/mol. The van der Waals surface area contributed by atoms with E-state index in [4.69, 9.17) is 10.5 Å². The molecule has 21 heavy (non-hydrogen) atoms. The van der Waals surface area contributed by atoms with Crippen LogP contribution in [0.2, 0.25) is 0 Å². The highest BCUT2D eigenvalue weighted by Gasteiger charge is 2.26. The van der Waals surface area contributed by atoms with Gasteiger partial charge in [0.15, 0.2) is 0 Å². The highest BCUT2D eigenvalue weighted by Crippen LogP contribution is 2.34. The van der Waals surface area contributed by atoms with Gasteiger partial charge in [-0.05, 0) is 30.9 Å². The molecule has 0 saturated heterocycles. The summed E-state index contributed by atoms with van der Waals surface area (Å²) in [6.45, 7) is 5.38. The van der Waals surface area contributed by atoms with Crippen LogP contribution in [0.25, 0.3) is 0 Å². The first-order valence-electron chi connectivity index (χ1n) is 7.78. The predicted octanol–water partition coefficient (Wildman–Crippen LogP) is 3.46. The topological polar surface area (TPSA) is 55.6 Å². The first-order valence-corrected chi connectivity index (χ1v) is 7.78. The molecule has 1 saturated carbocycles. The normalized spacial score (nSPS) is 15.4. The van der Waals surface area contributed by atoms with E-state index in [9.17, 15) is 4.79 Å². The molecule has 116 valence electrons. The number of hydrogen-bond acceptors (Lipinski definition) is 4. The van der Waals surface area contributed by atoms with Crippen LogP contribution in [0.3, 0.4) is 0 Å². The van der Waals surface area contributed by atoms with Gasteiger partial charge in [-0.25, -0.2) is 4.79 Å². The highest BCUT2D eigenvalue weighted by atomic mass is 16.5. The number of anilines is 2. The zero-order valence-electron chi connectivity index (χ0n) is 13.3. The van der Waals surface area contributed by atoms with Gasteiger partial charge in [-0.2, -0.15) is 0 Å². The Bertz CT molecular complexity index is 494. The Hall–Kier alpha value is -1.71. The van der Waals surface area contributed by atoms with Crippen LogP contribution in [-0.4, -0.2) is 25.7 Å². The van der Waals surface area contributed by atoms with Crippen molar-refractivity contribution in [3.05, 3.63) is 23.8 Å². The lowest BCUT2D eigenvalue weighted by Crippen LogP contribution is -2.37. The molecule has 4 heteroatoms. The Morgan fingerprint density at radius 3 is 2.62 bits per heavy atom. The lowest BCUT2D eigenvalue weighted by atomic mass is 10.1. The molecule has 0 spiro atoms. The van der Waals surface area contributed by atoms with Crippen LogP contribution in [-0.2, 0) is 4.74 Å². The second kappa shape index (κ2) is 6.83. The van der Waals surface area contributed by atoms with E-state index in [1.807, 2.05) is 12.1 Å². The number of nitrogens with two attached hydrogens (primary N) is 1. The lowest BCUT2D eigenvalue weighted by Gasteiger charge is -2.34. The minimum Gasteiger partial charge on any atom is -0.465 e. The quantitative estimate of drug-likeness (QED) is 0.666. The maximum absolute atomic E-state index is 11.8. The molecule has 4 nitrogen and oxygen atoms in total. The van der Waals surface area contributed by atoms with Crippen LogP contribution in [0.4, 0.5) is 11.4 Å². The fraction of sp³-hybridized carbons (Fsp3) is 0.588. The molecule has 0 bridgehead atoms. The van der Waals surface area contributed by atoms with Crippen LogP contribution in [0.5, 0.6) is 0 Å². The first-order chi connectivity index (χ1) is 10.0. The molecule has 0 heterocycles. The van der Waals surface area contributed by atoms with Crippen molar-refractivity contribution in [2.45, 2.75) is 45.6 Å². The van der Waals surface area contributed by atoms with E-state index in [1.165, 1.54) is 32.8 Å². The number of ether oxygens (including phenoxy) is 1. The number of para-hydroxylation sites is 1. The zero-order chi connectivity index (χ0) is 15.4. The lowest BCUT2D eigenvalue weighted by molar-refractivity contribution is 0.0602. The Labute approximate surface area is 127 Å². The largest absolute Gasteiger partial charge is 0.465 e. The smallest absolute Gasteiger partial charge is 0.340 e. The van der Waals surface area contributed by atoms with E-state index < -0.39 is 0 Å². The molecule has 0 aliphatic heterocycles. The fourth-order valence-corrected chi connectivity index (χ4v) is 3.14. The van der Waals surface area contributed by atoms with Gasteiger partial charge < -0.3 is 15.4 Å². The second-order valence-electron chi connectivity index (χ2n) is 6.21. The minimum atomic E-state index is -0.370. The molecule has 1 aromatic carbocycles. The SMILES string of the molecule is COC(=O)c1cccc(N(CC(C)C)C2CCCC2)c1N. The number of methoxy groups -OCH3 is 1. The van der Waals surface area contributed by atoms with Crippen LogP contribution >= 0.6 is 0 Å². The third kappa shape index (κ3) is 3.49. The van der Waals surface area contributed by atoms with E-state index >= 15 is 0 Å². The number of carbonyl (C=O) groups excluding carboxylic acids is 1. The third-order valence-electron chi connectivity index (χ3n) is 4.13. The summed E-state index contributed by atoms with van der Waals surface area (Å²) < 4.78 is 4.82. The number of hydrogen-bond donors (Lipinski definition) is 1. The molecule has 0 radical (unpaired) electrons. The molecule has 2 rings (SSSR count). The van der Waals surface area contributed by atoms with Gasteiger partial charge in [-0.15, -0.1) is 0 Å². The van der Waals surface area contributed by atoms with Crippen molar-refractivity contribution in [2.75, 3.05) is 24.3 Å². The van der Waals surface area contributed by atoms with E-state index in [1.54, 1.807) is 6.07 Å². The molecule has 0 amide bonds. The Balaban J connectivity index is 2.37. The molecular weight excluding hydrogens is 264 g/mol. The average molecular weight is 290 g/mol.